The lowest BCUT2D eigenvalue weighted by Crippen LogP contribution is -2.57. The van der Waals surface area contributed by atoms with E-state index < -0.39 is 170 Å². The third kappa shape index (κ3) is 15.4. The maximum atomic E-state index is 15.5. The molecule has 0 spiro atoms. The first-order valence-electron chi connectivity index (χ1n) is 29.1. The van der Waals surface area contributed by atoms with Gasteiger partial charge in [-0.15, -0.1) is 0 Å². The zero-order valence-corrected chi connectivity index (χ0v) is 51.3. The zero-order chi connectivity index (χ0) is 67.5. The Labute approximate surface area is 522 Å². The van der Waals surface area contributed by atoms with Crippen molar-refractivity contribution in [2.75, 3.05) is 39.5 Å². The van der Waals surface area contributed by atoms with E-state index in [1.807, 2.05) is 5.32 Å². The Hall–Kier alpha value is -9.65. The lowest BCUT2D eigenvalue weighted by atomic mass is 9.81. The minimum atomic E-state index is -5.38. The number of carbonyl (C=O) groups excluding carboxylic acids is 11. The second kappa shape index (κ2) is 27.0. The number of cyclic esters (lactones) is 1. The molecule has 8 rings (SSSR count). The molecule has 1 aliphatic carbocycles. The van der Waals surface area contributed by atoms with Crippen molar-refractivity contribution in [1.82, 2.24) is 51.3 Å². The summed E-state index contributed by atoms with van der Waals surface area (Å²) in [7, 11) is 0. The predicted octanol–water partition coefficient (Wildman–Crippen LogP) is 1.60. The highest BCUT2D eigenvalue weighted by Gasteiger charge is 2.49. The van der Waals surface area contributed by atoms with E-state index in [1.165, 1.54) is 45.3 Å². The van der Waals surface area contributed by atoms with Gasteiger partial charge in [-0.3, -0.25) is 57.7 Å². The molecule has 0 radical (unpaired) electrons. The molecule has 492 valence electrons. The van der Waals surface area contributed by atoms with Crippen molar-refractivity contribution in [3.8, 4) is 11.4 Å². The Kier molecular flexibility index (Phi) is 20.1. The van der Waals surface area contributed by atoms with Crippen LogP contribution in [-0.2, 0) is 98.5 Å². The molecule has 27 nitrogen and oxygen atoms in total. The van der Waals surface area contributed by atoms with Crippen molar-refractivity contribution in [2.24, 2.45) is 0 Å². The summed E-state index contributed by atoms with van der Waals surface area (Å²) in [6.07, 6.45) is -8.30. The molecule has 0 fully saturated rings. The van der Waals surface area contributed by atoms with Crippen LogP contribution in [0.5, 0.6) is 0 Å². The highest BCUT2D eigenvalue weighted by molar-refractivity contribution is 6.15. The van der Waals surface area contributed by atoms with Crippen LogP contribution < -0.4 is 37.5 Å². The summed E-state index contributed by atoms with van der Waals surface area (Å²) in [6, 6.07) is 6.16. The Bertz CT molecular complexity index is 3770. The van der Waals surface area contributed by atoms with Gasteiger partial charge in [-0.25, -0.2) is 19.0 Å². The van der Waals surface area contributed by atoms with Crippen LogP contribution in [0.4, 0.5) is 22.4 Å². The summed E-state index contributed by atoms with van der Waals surface area (Å²) in [5, 5.41) is 25.3. The van der Waals surface area contributed by atoms with Gasteiger partial charge in [0.1, 0.15) is 49.0 Å². The van der Waals surface area contributed by atoms with Crippen LogP contribution in [0.3, 0.4) is 0 Å². The Morgan fingerprint density at radius 3 is 2.08 bits per heavy atom. The van der Waals surface area contributed by atoms with E-state index in [1.54, 1.807) is 51.1 Å². The summed E-state index contributed by atoms with van der Waals surface area (Å²) >= 11 is 0. The third-order valence-corrected chi connectivity index (χ3v) is 15.2. The number of nitrogens with zero attached hydrogens (tertiary/aromatic N) is 4. The number of halogens is 4. The number of pyridine rings is 2. The van der Waals surface area contributed by atoms with Crippen molar-refractivity contribution in [3.05, 3.63) is 110 Å². The highest BCUT2D eigenvalue weighted by atomic mass is 19.4. The molecule has 2 aromatic carbocycles. The first-order chi connectivity index (χ1) is 43.1. The normalized spacial score (nSPS) is 17.5. The predicted molar refractivity (Wildman–Crippen MR) is 312 cm³/mol. The number of rotatable bonds is 22. The number of hydrogen-bond donors (Lipinski definition) is 7. The van der Waals surface area contributed by atoms with Gasteiger partial charge in [-0.05, 0) is 96.0 Å². The fraction of sp³-hybridized carbons (Fsp3) is 0.459. The van der Waals surface area contributed by atoms with Crippen molar-refractivity contribution in [3.63, 3.8) is 0 Å². The number of aryl methyl sites for hydroxylation is 1. The van der Waals surface area contributed by atoms with Crippen LogP contribution in [0, 0.1) is 12.7 Å². The molecule has 0 saturated carbocycles. The van der Waals surface area contributed by atoms with E-state index in [4.69, 9.17) is 23.9 Å². The fourth-order valence-corrected chi connectivity index (χ4v) is 10.9. The molecule has 9 amide bonds. The molecule has 4 aromatic rings. The number of hydrogen-bond acceptors (Lipinski definition) is 18. The average molecular weight is 1290 g/mol. The van der Waals surface area contributed by atoms with Crippen LogP contribution in [0.15, 0.2) is 59.4 Å². The zero-order valence-electron chi connectivity index (χ0n) is 51.3. The van der Waals surface area contributed by atoms with Gasteiger partial charge in [0.2, 0.25) is 35.6 Å². The Morgan fingerprint density at radius 1 is 0.815 bits per heavy atom. The van der Waals surface area contributed by atoms with Gasteiger partial charge in [0.15, 0.2) is 5.60 Å². The monoisotopic (exact) mass is 1290 g/mol. The van der Waals surface area contributed by atoms with Crippen molar-refractivity contribution >= 4 is 76.2 Å². The molecule has 92 heavy (non-hydrogen) atoms. The van der Waals surface area contributed by atoms with E-state index in [0.29, 0.717) is 27.0 Å². The van der Waals surface area contributed by atoms with Gasteiger partial charge >= 0.3 is 24.2 Å². The summed E-state index contributed by atoms with van der Waals surface area (Å²) in [5.41, 5.74) is -2.93. The van der Waals surface area contributed by atoms with E-state index >= 15 is 4.39 Å². The molecule has 5 heterocycles. The maximum Gasteiger partial charge on any atom is 0.423 e. The van der Waals surface area contributed by atoms with Crippen LogP contribution in [-0.4, -0.2) is 165 Å². The number of esters is 2. The molecule has 0 bridgehead atoms. The molecule has 5 atom stereocenters. The summed E-state index contributed by atoms with van der Waals surface area (Å²) in [6.45, 7) is 6.25. The van der Waals surface area contributed by atoms with Gasteiger partial charge in [0.05, 0.1) is 61.2 Å². The van der Waals surface area contributed by atoms with Crippen molar-refractivity contribution in [2.45, 2.75) is 141 Å². The quantitative estimate of drug-likeness (QED) is 0.0170. The summed E-state index contributed by atoms with van der Waals surface area (Å²) in [5.74, 6) is -11.4. The maximum absolute atomic E-state index is 15.5. The lowest BCUT2D eigenvalue weighted by molar-refractivity contribution is -0.220. The van der Waals surface area contributed by atoms with Crippen LogP contribution in [0.2, 0.25) is 0 Å². The number of carbonyl (C=O) groups is 11. The molecule has 31 heteroatoms. The molecule has 7 N–H and O–H groups in total. The number of benzene rings is 2. The smallest absolute Gasteiger partial charge is 0.423 e. The Morgan fingerprint density at radius 2 is 1.45 bits per heavy atom. The minimum absolute atomic E-state index is 0.00638. The van der Waals surface area contributed by atoms with Crippen LogP contribution in [0.1, 0.15) is 106 Å². The van der Waals surface area contributed by atoms with Crippen molar-refractivity contribution < 1.29 is 94.4 Å². The largest absolute Gasteiger partial charge is 0.459 e. The van der Waals surface area contributed by atoms with Crippen LogP contribution >= 0.6 is 0 Å². The molecular weight excluding hydrogens is 1220 g/mol. The van der Waals surface area contributed by atoms with Gasteiger partial charge in [-0.2, -0.15) is 13.2 Å². The number of nitrogens with one attached hydrogen (secondary N) is 6. The molecular formula is C61H68F4N10O17. The van der Waals surface area contributed by atoms with E-state index in [0.717, 1.165) is 23.1 Å². The molecule has 4 aliphatic rings. The summed E-state index contributed by atoms with van der Waals surface area (Å²) < 4.78 is 81.9. The number of alkyl halides is 3. The van der Waals surface area contributed by atoms with Gasteiger partial charge in [-0.1, -0.05) is 37.3 Å². The van der Waals surface area contributed by atoms with Crippen molar-refractivity contribution in [1.29, 1.82) is 0 Å². The first kappa shape index (κ1) is 68.3. The molecule has 3 aliphatic heterocycles. The number of amides is 9. The SMILES string of the molecule is CC[C@@]1(O)C(=O)OCc2c1cc1n(c2=O)Cc2c-1nc1cc(F)c(C)c3c1c2[C@H](NC(=O)[C@@H](OCNC(=O)CNC(=O)[C@H](Cc1ccccc1)NC(=O)CNC(=O)CNC(=O)[C@@H](CN(CC(=O)OC(C)(C)C)C(=O)OC(C)(C)C)N1C(=O)C=CC1=O)C(F)(F)F)CC3. The van der Waals surface area contributed by atoms with Gasteiger partial charge in [0.25, 0.3) is 23.3 Å². The second-order valence-corrected chi connectivity index (χ2v) is 24.1. The number of aromatic nitrogens is 2. The van der Waals surface area contributed by atoms with Crippen LogP contribution in [0.25, 0.3) is 22.3 Å². The number of fused-ring (bicyclic) bond motifs is 5. The third-order valence-electron chi connectivity index (χ3n) is 15.2. The average Bonchev–Trinajstić information content (AvgIpc) is 1.46. The number of imide groups is 1. The summed E-state index contributed by atoms with van der Waals surface area (Å²) in [4.78, 5) is 165. The molecule has 0 saturated heterocycles. The lowest BCUT2D eigenvalue weighted by Gasteiger charge is -2.32. The Balaban J connectivity index is 0.881. The minimum Gasteiger partial charge on any atom is -0.459 e. The first-order valence-corrected chi connectivity index (χ1v) is 29.1. The second-order valence-electron chi connectivity index (χ2n) is 24.1. The number of aliphatic hydroxyl groups is 1. The number of ether oxygens (including phenoxy) is 4. The standard InChI is InChI=1S/C61H68F4N10O17/c1-9-60(88)35-20-40-50-33(25-74(40)55(85)34(35)28-89-56(60)86)49-37(16-15-32-30(2)36(62)21-38(71-50)48(32)49)72-54(84)51(61(63,64)65)90-29-69-43(77)23-67-52(82)39(19-31-13-11-10-12-14-31)70-44(78)24-66-42(76)22-68-53(83)41(75-45(79)17-18-46(75)80)26-73(57(87)92-59(6,7)8)27-47(81)91-58(3,4)5/h10-14,17-18,20-21,37,39,41,51,88H,9,15-16,19,22-29H2,1-8H3,(H,66,76)(H,67,82)(H,68,83)(H,69,77)(H,70,78)(H,72,84)/t37-,39+,41-,51-,60+/m1/s1. The van der Waals surface area contributed by atoms with Gasteiger partial charge in [0, 0.05) is 41.2 Å². The highest BCUT2D eigenvalue weighted by Crippen LogP contribution is 2.46. The molecule has 2 aromatic heterocycles. The van der Waals surface area contributed by atoms with E-state index in [9.17, 15) is 75.8 Å². The fourth-order valence-electron chi connectivity index (χ4n) is 10.9. The molecule has 0 unspecified atom stereocenters. The topological polar surface area (TPSA) is 358 Å². The van der Waals surface area contributed by atoms with E-state index in [2.05, 4.69) is 26.6 Å². The van der Waals surface area contributed by atoms with Gasteiger partial charge < -0.3 is 60.5 Å². The van der Waals surface area contributed by atoms with E-state index in [-0.39, 0.29) is 71.4 Å².